The Bertz CT molecular complexity index is 974. The molecule has 3 fully saturated rings. The van der Waals surface area contributed by atoms with E-state index in [4.69, 9.17) is 26.0 Å². The summed E-state index contributed by atoms with van der Waals surface area (Å²) in [5.41, 5.74) is 1.84. The van der Waals surface area contributed by atoms with Crippen LogP contribution in [0.5, 0.6) is 11.5 Å². The molecule has 2 bridgehead atoms. The molecule has 0 radical (unpaired) electrons. The maximum absolute atomic E-state index is 9.00. The van der Waals surface area contributed by atoms with E-state index in [1.54, 1.807) is 30.1 Å². The number of halogens is 1. The van der Waals surface area contributed by atoms with Crippen molar-refractivity contribution in [2.75, 3.05) is 12.3 Å². The van der Waals surface area contributed by atoms with E-state index in [0.717, 1.165) is 18.0 Å². The van der Waals surface area contributed by atoms with E-state index < -0.39 is 0 Å². The number of hydrogen-bond acceptors (Lipinski definition) is 5. The molecule has 3 heterocycles. The third-order valence-corrected chi connectivity index (χ3v) is 7.21. The molecule has 28 heavy (non-hydrogen) atoms. The van der Waals surface area contributed by atoms with E-state index in [1.165, 1.54) is 37.1 Å². The summed E-state index contributed by atoms with van der Waals surface area (Å²) < 4.78 is 10.8. The Balaban J connectivity index is 1.41. The van der Waals surface area contributed by atoms with E-state index in [-0.39, 0.29) is 5.41 Å². The fraction of sp³-hybridized carbons (Fsp3) is 0.364. The van der Waals surface area contributed by atoms with Crippen LogP contribution in [0.1, 0.15) is 36.8 Å². The molecule has 0 aromatic heterocycles. The van der Waals surface area contributed by atoms with Gasteiger partial charge in [0.1, 0.15) is 23.4 Å². The zero-order valence-electron chi connectivity index (χ0n) is 15.4. The van der Waals surface area contributed by atoms with Gasteiger partial charge in [-0.3, -0.25) is 0 Å². The second-order valence-electron chi connectivity index (χ2n) is 7.63. The summed E-state index contributed by atoms with van der Waals surface area (Å²) in [5.74, 6) is 3.78. The first-order valence-electron chi connectivity index (χ1n) is 9.65. The summed E-state index contributed by atoms with van der Waals surface area (Å²) in [5, 5.41) is 9.40. The number of piperidine rings is 2. The van der Waals surface area contributed by atoms with Crippen molar-refractivity contribution in [2.24, 2.45) is 4.40 Å². The highest BCUT2D eigenvalue weighted by atomic mass is 35.5. The van der Waals surface area contributed by atoms with Crippen molar-refractivity contribution < 1.29 is 4.74 Å². The molecule has 2 aromatic carbocycles. The molecule has 142 valence electrons. The zero-order chi connectivity index (χ0) is 19.1. The molecule has 0 N–H and O–H groups in total. The van der Waals surface area contributed by atoms with Crippen molar-refractivity contribution in [1.82, 2.24) is 4.90 Å². The summed E-state index contributed by atoms with van der Waals surface area (Å²) >= 11 is 7.82. The van der Waals surface area contributed by atoms with Crippen molar-refractivity contribution in [2.45, 2.75) is 37.1 Å². The summed E-state index contributed by atoms with van der Waals surface area (Å²) in [7, 11) is 0. The van der Waals surface area contributed by atoms with E-state index in [1.807, 2.05) is 12.1 Å². The van der Waals surface area contributed by atoms with E-state index in [2.05, 4.69) is 23.1 Å². The van der Waals surface area contributed by atoms with Crippen LogP contribution in [0.4, 0.5) is 0 Å². The van der Waals surface area contributed by atoms with Crippen molar-refractivity contribution in [3.05, 3.63) is 58.6 Å². The Kier molecular flexibility index (Phi) is 4.49. The first kappa shape index (κ1) is 17.9. The van der Waals surface area contributed by atoms with Crippen LogP contribution in [0.3, 0.4) is 0 Å². The average Bonchev–Trinajstić information content (AvgIpc) is 2.75. The number of nitriles is 1. The Labute approximate surface area is 174 Å². The van der Waals surface area contributed by atoms with Gasteiger partial charge in [0.05, 0.1) is 16.0 Å². The SMILES string of the molecule is N#Cc1ccc(Oc2ccc(C34CCC(CC3)N3CCSN=C34)cc2)cc1Cl. The van der Waals surface area contributed by atoms with Crippen LogP contribution in [0.25, 0.3) is 0 Å². The van der Waals surface area contributed by atoms with Gasteiger partial charge in [-0.2, -0.15) is 5.26 Å². The van der Waals surface area contributed by atoms with Crippen LogP contribution < -0.4 is 4.74 Å². The number of amidine groups is 1. The van der Waals surface area contributed by atoms with Crippen LogP contribution in [0, 0.1) is 11.3 Å². The summed E-state index contributed by atoms with van der Waals surface area (Å²) in [6, 6.07) is 16.3. The molecule has 6 rings (SSSR count). The first-order chi connectivity index (χ1) is 13.7. The van der Waals surface area contributed by atoms with Gasteiger partial charge in [-0.05, 0) is 67.5 Å². The molecule has 0 spiro atoms. The number of fused-ring (bicyclic) bond motifs is 2. The topological polar surface area (TPSA) is 48.6 Å². The molecule has 1 aliphatic carbocycles. The van der Waals surface area contributed by atoms with Crippen molar-refractivity contribution in [1.29, 1.82) is 5.26 Å². The Morgan fingerprint density at radius 1 is 1.14 bits per heavy atom. The van der Waals surface area contributed by atoms with Gasteiger partial charge >= 0.3 is 0 Å². The molecular weight excluding hydrogens is 390 g/mol. The lowest BCUT2D eigenvalue weighted by atomic mass is 9.63. The highest BCUT2D eigenvalue weighted by Gasteiger charge is 2.51. The van der Waals surface area contributed by atoms with Gasteiger partial charge in [0, 0.05) is 24.4 Å². The number of ether oxygens (including phenoxy) is 1. The maximum atomic E-state index is 9.00. The fourth-order valence-corrected chi connectivity index (χ4v) is 5.78. The van der Waals surface area contributed by atoms with Crippen LogP contribution in [-0.4, -0.2) is 29.1 Å². The number of benzene rings is 2. The van der Waals surface area contributed by atoms with Crippen molar-refractivity contribution >= 4 is 29.4 Å². The molecule has 2 saturated heterocycles. The average molecular weight is 410 g/mol. The van der Waals surface area contributed by atoms with Gasteiger partial charge in [-0.1, -0.05) is 23.7 Å². The lowest BCUT2D eigenvalue weighted by Gasteiger charge is -2.55. The Hall–Kier alpha value is -2.16. The maximum Gasteiger partial charge on any atom is 0.129 e. The fourth-order valence-electron chi connectivity index (χ4n) is 4.80. The number of hydrogen-bond donors (Lipinski definition) is 0. The minimum absolute atomic E-state index is 0.0540. The molecule has 4 aliphatic rings. The second kappa shape index (κ2) is 7.02. The molecule has 3 aliphatic heterocycles. The third kappa shape index (κ3) is 2.87. The van der Waals surface area contributed by atoms with Gasteiger partial charge in [0.25, 0.3) is 0 Å². The predicted octanol–water partition coefficient (Wildman–Crippen LogP) is 5.56. The third-order valence-electron chi connectivity index (χ3n) is 6.23. The molecular formula is C22H20ClN3OS. The molecule has 0 unspecified atom stereocenters. The smallest absolute Gasteiger partial charge is 0.129 e. The highest BCUT2D eigenvalue weighted by Crippen LogP contribution is 2.49. The van der Waals surface area contributed by atoms with E-state index in [0.29, 0.717) is 22.4 Å². The van der Waals surface area contributed by atoms with Crippen molar-refractivity contribution in [3.8, 4) is 17.6 Å². The summed E-state index contributed by atoms with van der Waals surface area (Å²) in [6.45, 7) is 1.12. The molecule has 0 atom stereocenters. The second-order valence-corrected chi connectivity index (χ2v) is 8.89. The molecule has 2 aromatic rings. The summed E-state index contributed by atoms with van der Waals surface area (Å²) in [6.07, 6.45) is 4.87. The normalized spacial score (nSPS) is 25.6. The zero-order valence-corrected chi connectivity index (χ0v) is 17.0. The van der Waals surface area contributed by atoms with Crippen LogP contribution in [-0.2, 0) is 5.41 Å². The highest BCUT2D eigenvalue weighted by molar-refractivity contribution is 7.98. The van der Waals surface area contributed by atoms with Gasteiger partial charge in [0.2, 0.25) is 0 Å². The number of nitrogens with zero attached hydrogens (tertiary/aromatic N) is 3. The van der Waals surface area contributed by atoms with Gasteiger partial charge in [-0.15, -0.1) is 0 Å². The standard InChI is InChI=1S/C22H20ClN3OS/c23-20-13-19(4-1-15(20)14-24)27-18-5-2-16(3-6-18)22-9-7-17(8-10-22)26-11-12-28-25-21(22)26/h1-6,13,17H,7-12H2. The monoisotopic (exact) mass is 409 g/mol. The lowest BCUT2D eigenvalue weighted by molar-refractivity contribution is 0.153. The Morgan fingerprint density at radius 3 is 2.61 bits per heavy atom. The number of rotatable bonds is 3. The quantitative estimate of drug-likeness (QED) is 0.622. The molecule has 6 heteroatoms. The minimum Gasteiger partial charge on any atom is -0.457 e. The van der Waals surface area contributed by atoms with Crippen LogP contribution >= 0.6 is 23.5 Å². The largest absolute Gasteiger partial charge is 0.457 e. The lowest BCUT2D eigenvalue weighted by Crippen LogP contribution is -2.61. The van der Waals surface area contributed by atoms with E-state index >= 15 is 0 Å². The van der Waals surface area contributed by atoms with Gasteiger partial charge in [-0.25, -0.2) is 4.40 Å². The molecule has 1 saturated carbocycles. The molecule has 0 amide bonds. The molecule has 4 nitrogen and oxygen atoms in total. The van der Waals surface area contributed by atoms with Gasteiger partial charge < -0.3 is 9.64 Å². The minimum atomic E-state index is 0.0540. The summed E-state index contributed by atoms with van der Waals surface area (Å²) in [4.78, 5) is 2.56. The van der Waals surface area contributed by atoms with Crippen molar-refractivity contribution in [3.63, 3.8) is 0 Å². The first-order valence-corrected chi connectivity index (χ1v) is 11.0. The van der Waals surface area contributed by atoms with Crippen LogP contribution in [0.2, 0.25) is 5.02 Å². The van der Waals surface area contributed by atoms with E-state index in [9.17, 15) is 0 Å². The predicted molar refractivity (Wildman–Crippen MR) is 113 cm³/mol. The Morgan fingerprint density at radius 2 is 1.89 bits per heavy atom. The van der Waals surface area contributed by atoms with Crippen LogP contribution in [0.15, 0.2) is 46.9 Å². The van der Waals surface area contributed by atoms with Gasteiger partial charge in [0.15, 0.2) is 0 Å².